The molecule has 0 saturated carbocycles. The van der Waals surface area contributed by atoms with E-state index in [4.69, 9.17) is 5.73 Å². The van der Waals surface area contributed by atoms with Crippen molar-refractivity contribution in [2.45, 2.75) is 12.4 Å². The molecule has 2 N–H and O–H groups in total. The van der Waals surface area contributed by atoms with Gasteiger partial charge in [0.2, 0.25) is 0 Å². The number of alkyl halides is 6. The predicted octanol–water partition coefficient (Wildman–Crippen LogP) is 4.17. The Morgan fingerprint density at radius 2 is 1.57 bits per heavy atom. The molecule has 1 aromatic carbocycles. The summed E-state index contributed by atoms with van der Waals surface area (Å²) >= 11 is 0.596. The Labute approximate surface area is 155 Å². The Balaban J connectivity index is 2.32. The zero-order valence-corrected chi connectivity index (χ0v) is 14.0. The molecule has 1 heterocycles. The zero-order chi connectivity index (χ0) is 21.3. The Morgan fingerprint density at radius 1 is 1.04 bits per heavy atom. The van der Waals surface area contributed by atoms with Crippen molar-refractivity contribution >= 4 is 28.1 Å². The number of rotatable bonds is 4. The number of carbonyl (C=O) groups excluding carboxylic acids is 1. The van der Waals surface area contributed by atoms with E-state index in [9.17, 15) is 41.3 Å². The van der Waals surface area contributed by atoms with E-state index in [2.05, 4.69) is 9.99 Å². The topological polar surface area (TPSA) is 108 Å². The molecule has 0 saturated heterocycles. The van der Waals surface area contributed by atoms with Gasteiger partial charge in [-0.15, -0.1) is 0 Å². The SMILES string of the molecule is N/C(=N\OC(=O)c1csc([N+](=O)[O-])c1)c1cc(C(F)(F)F)cc(C(F)(F)F)c1. The molecule has 2 aromatic rings. The summed E-state index contributed by atoms with van der Waals surface area (Å²) in [7, 11) is 0. The van der Waals surface area contributed by atoms with Gasteiger partial charge in [-0.3, -0.25) is 10.1 Å². The number of nitrogens with two attached hydrogens (primary N) is 1. The van der Waals surface area contributed by atoms with Crippen molar-refractivity contribution in [2.75, 3.05) is 0 Å². The number of nitro groups is 1. The second-order valence-electron chi connectivity index (χ2n) is 5.08. The molecule has 7 nitrogen and oxygen atoms in total. The molecule has 2 rings (SSSR count). The second kappa shape index (κ2) is 7.46. The van der Waals surface area contributed by atoms with E-state index in [0.717, 1.165) is 11.4 Å². The summed E-state index contributed by atoms with van der Waals surface area (Å²) in [5.74, 6) is -2.18. The number of nitrogens with zero attached hydrogens (tertiary/aromatic N) is 2. The monoisotopic (exact) mass is 427 g/mol. The van der Waals surface area contributed by atoms with Crippen molar-refractivity contribution in [1.82, 2.24) is 0 Å². The third-order valence-electron chi connectivity index (χ3n) is 3.11. The van der Waals surface area contributed by atoms with Crippen LogP contribution >= 0.6 is 11.3 Å². The second-order valence-corrected chi connectivity index (χ2v) is 5.97. The molecule has 14 heteroatoms. The summed E-state index contributed by atoms with van der Waals surface area (Å²) in [6.07, 6.45) is -10.2. The molecule has 0 aliphatic heterocycles. The molecule has 0 amide bonds. The highest BCUT2D eigenvalue weighted by molar-refractivity contribution is 7.13. The first-order chi connectivity index (χ1) is 12.8. The van der Waals surface area contributed by atoms with Crippen LogP contribution in [0.25, 0.3) is 0 Å². The smallest absolute Gasteiger partial charge is 0.380 e. The normalized spacial score (nSPS) is 12.7. The maximum atomic E-state index is 12.8. The number of carbonyl (C=O) groups is 1. The van der Waals surface area contributed by atoms with Gasteiger partial charge >= 0.3 is 23.3 Å². The van der Waals surface area contributed by atoms with E-state index >= 15 is 0 Å². The largest absolute Gasteiger partial charge is 0.416 e. The quantitative estimate of drug-likeness (QED) is 0.197. The fourth-order valence-corrected chi connectivity index (χ4v) is 2.52. The average molecular weight is 427 g/mol. The number of amidine groups is 1. The summed E-state index contributed by atoms with van der Waals surface area (Å²) < 4.78 is 76.9. The molecule has 0 aliphatic rings. The van der Waals surface area contributed by atoms with Gasteiger partial charge in [-0.1, -0.05) is 16.5 Å². The van der Waals surface area contributed by atoms with E-state index in [1.807, 2.05) is 0 Å². The van der Waals surface area contributed by atoms with Crippen molar-refractivity contribution in [3.05, 3.63) is 62.0 Å². The first-order valence-electron chi connectivity index (χ1n) is 6.86. The molecule has 0 fully saturated rings. The Kier molecular flexibility index (Phi) is 5.63. The molecule has 0 atom stereocenters. The van der Waals surface area contributed by atoms with Gasteiger partial charge in [-0.2, -0.15) is 26.3 Å². The highest BCUT2D eigenvalue weighted by Crippen LogP contribution is 2.36. The van der Waals surface area contributed by atoms with Crippen LogP contribution in [0.2, 0.25) is 0 Å². The average Bonchev–Trinajstić information content (AvgIpc) is 3.08. The zero-order valence-electron chi connectivity index (χ0n) is 13.2. The fourth-order valence-electron chi connectivity index (χ4n) is 1.83. The molecule has 0 unspecified atom stereocenters. The minimum absolute atomic E-state index is 0.104. The van der Waals surface area contributed by atoms with Gasteiger partial charge in [0.15, 0.2) is 5.84 Å². The summed E-state index contributed by atoms with van der Waals surface area (Å²) in [5.41, 5.74) is 0.989. The number of benzene rings is 1. The Bertz CT molecular complexity index is 919. The first kappa shape index (κ1) is 21.1. The minimum Gasteiger partial charge on any atom is -0.380 e. The van der Waals surface area contributed by atoms with Gasteiger partial charge in [-0.25, -0.2) is 4.79 Å². The van der Waals surface area contributed by atoms with Crippen molar-refractivity contribution in [3.8, 4) is 0 Å². The van der Waals surface area contributed by atoms with Gasteiger partial charge in [0.05, 0.1) is 21.6 Å². The Morgan fingerprint density at radius 3 is 2.00 bits per heavy atom. The van der Waals surface area contributed by atoms with E-state index < -0.39 is 50.8 Å². The molecule has 28 heavy (non-hydrogen) atoms. The maximum absolute atomic E-state index is 12.8. The van der Waals surface area contributed by atoms with Gasteiger partial charge < -0.3 is 10.6 Å². The van der Waals surface area contributed by atoms with Crippen LogP contribution in [0.3, 0.4) is 0 Å². The summed E-state index contributed by atoms with van der Waals surface area (Å²) in [6.45, 7) is 0. The molecule has 0 aliphatic carbocycles. The van der Waals surface area contributed by atoms with Gasteiger partial charge in [-0.05, 0) is 18.2 Å². The predicted molar refractivity (Wildman–Crippen MR) is 83.6 cm³/mol. The molecule has 1 aromatic heterocycles. The van der Waals surface area contributed by atoms with Gasteiger partial charge in [0, 0.05) is 17.0 Å². The number of hydrogen-bond acceptors (Lipinski definition) is 6. The third kappa shape index (κ3) is 4.97. The minimum atomic E-state index is -5.09. The lowest BCUT2D eigenvalue weighted by Gasteiger charge is -2.13. The maximum Gasteiger partial charge on any atom is 0.416 e. The van der Waals surface area contributed by atoms with Crippen LogP contribution in [0.4, 0.5) is 31.3 Å². The van der Waals surface area contributed by atoms with Crippen molar-refractivity contribution in [3.63, 3.8) is 0 Å². The van der Waals surface area contributed by atoms with Crippen molar-refractivity contribution in [2.24, 2.45) is 10.9 Å². The van der Waals surface area contributed by atoms with Crippen LogP contribution in [-0.4, -0.2) is 16.7 Å². The van der Waals surface area contributed by atoms with Gasteiger partial charge in [0.25, 0.3) is 0 Å². The molecule has 150 valence electrons. The third-order valence-corrected chi connectivity index (χ3v) is 3.99. The van der Waals surface area contributed by atoms with Crippen molar-refractivity contribution in [1.29, 1.82) is 0 Å². The van der Waals surface area contributed by atoms with Crippen molar-refractivity contribution < 1.29 is 40.9 Å². The number of hydrogen-bond donors (Lipinski definition) is 1. The number of thiophene rings is 1. The molecule has 0 radical (unpaired) electrons. The van der Waals surface area contributed by atoms with Crippen LogP contribution in [-0.2, 0) is 17.2 Å². The highest BCUT2D eigenvalue weighted by atomic mass is 32.1. The summed E-state index contributed by atoms with van der Waals surface area (Å²) in [4.78, 5) is 25.8. The summed E-state index contributed by atoms with van der Waals surface area (Å²) in [6, 6.07) is 1.35. The molecular formula is C14H7F6N3O4S. The molecule has 0 spiro atoms. The lowest BCUT2D eigenvalue weighted by molar-refractivity contribution is -0.380. The van der Waals surface area contributed by atoms with Crippen LogP contribution in [0, 0.1) is 10.1 Å². The molecule has 0 bridgehead atoms. The lowest BCUT2D eigenvalue weighted by atomic mass is 10.0. The number of oxime groups is 1. The van der Waals surface area contributed by atoms with E-state index in [0.29, 0.717) is 23.5 Å². The van der Waals surface area contributed by atoms with E-state index in [-0.39, 0.29) is 11.6 Å². The molecular weight excluding hydrogens is 420 g/mol. The van der Waals surface area contributed by atoms with Crippen LogP contribution in [0.5, 0.6) is 0 Å². The van der Waals surface area contributed by atoms with Crippen LogP contribution in [0.1, 0.15) is 27.0 Å². The first-order valence-corrected chi connectivity index (χ1v) is 7.74. The number of halogens is 6. The Hall–Kier alpha value is -3.16. The fraction of sp³-hybridized carbons (Fsp3) is 0.143. The summed E-state index contributed by atoms with van der Waals surface area (Å²) in [5, 5.41) is 14.2. The van der Waals surface area contributed by atoms with E-state index in [1.54, 1.807) is 0 Å². The highest BCUT2D eigenvalue weighted by Gasteiger charge is 2.37. The standard InChI is InChI=1S/C14H7F6N3O4S/c15-13(16,17)8-1-6(2-9(4-8)14(18,19)20)11(21)22-27-12(24)7-3-10(23(25)26)28-5-7/h1-5H,(H2,21,22). The van der Waals surface area contributed by atoms with E-state index in [1.165, 1.54) is 0 Å². The van der Waals surface area contributed by atoms with Crippen LogP contribution < -0.4 is 5.73 Å². The van der Waals surface area contributed by atoms with Crippen LogP contribution in [0.15, 0.2) is 34.8 Å². The van der Waals surface area contributed by atoms with Gasteiger partial charge in [0.1, 0.15) is 0 Å². The lowest BCUT2D eigenvalue weighted by Crippen LogP contribution is -2.19.